The molecule has 1 atom stereocenters. The first-order valence-electron chi connectivity index (χ1n) is 6.31. The van der Waals surface area contributed by atoms with Gasteiger partial charge in [0.15, 0.2) is 0 Å². The van der Waals surface area contributed by atoms with Crippen LogP contribution in [0.25, 0.3) is 0 Å². The smallest absolute Gasteiger partial charge is 0.101 e. The van der Waals surface area contributed by atoms with Gasteiger partial charge in [-0.05, 0) is 50.6 Å². The average molecular weight is 308 g/mol. The largest absolute Gasteiger partial charge is 0.384 e. The predicted molar refractivity (Wildman–Crippen MR) is 77.6 cm³/mol. The van der Waals surface area contributed by atoms with Gasteiger partial charge < -0.3 is 10.2 Å². The average Bonchev–Trinajstić information content (AvgIpc) is 2.37. The number of anilines is 1. The highest BCUT2D eigenvalue weighted by atomic mass is 79.9. The lowest BCUT2D eigenvalue weighted by molar-refractivity contribution is 0.217. The summed E-state index contributed by atoms with van der Waals surface area (Å²) in [5.41, 5.74) is 1.64. The molecule has 1 heterocycles. The first-order chi connectivity index (χ1) is 8.69. The molecule has 18 heavy (non-hydrogen) atoms. The van der Waals surface area contributed by atoms with Gasteiger partial charge in [0.25, 0.3) is 0 Å². The van der Waals surface area contributed by atoms with E-state index in [4.69, 9.17) is 5.26 Å². The molecule has 1 N–H and O–H groups in total. The number of likely N-dealkylation sites (tertiary alicyclic amines) is 1. The summed E-state index contributed by atoms with van der Waals surface area (Å²) in [6, 6.07) is 8.02. The molecule has 0 bridgehead atoms. The topological polar surface area (TPSA) is 39.1 Å². The molecule has 96 valence electrons. The fourth-order valence-corrected chi connectivity index (χ4v) is 2.82. The molecular formula is C14H18BrN3. The van der Waals surface area contributed by atoms with Crippen molar-refractivity contribution in [3.8, 4) is 6.07 Å². The van der Waals surface area contributed by atoms with Crippen LogP contribution in [0.4, 0.5) is 5.69 Å². The third-order valence-corrected chi connectivity index (χ3v) is 3.90. The van der Waals surface area contributed by atoms with Crippen molar-refractivity contribution in [2.45, 2.75) is 12.8 Å². The van der Waals surface area contributed by atoms with E-state index in [0.717, 1.165) is 23.2 Å². The molecular weight excluding hydrogens is 290 g/mol. The van der Waals surface area contributed by atoms with Crippen LogP contribution in [0, 0.1) is 17.2 Å². The first kappa shape index (κ1) is 13.4. The summed E-state index contributed by atoms with van der Waals surface area (Å²) >= 11 is 3.39. The highest BCUT2D eigenvalue weighted by Gasteiger charge is 2.17. The summed E-state index contributed by atoms with van der Waals surface area (Å²) in [6.07, 6.45) is 2.55. The number of nitriles is 1. The lowest BCUT2D eigenvalue weighted by Gasteiger charge is -2.30. The van der Waals surface area contributed by atoms with Crippen LogP contribution < -0.4 is 5.32 Å². The van der Waals surface area contributed by atoms with Crippen LogP contribution in [-0.4, -0.2) is 31.6 Å². The van der Waals surface area contributed by atoms with Crippen molar-refractivity contribution in [2.75, 3.05) is 32.0 Å². The van der Waals surface area contributed by atoms with Gasteiger partial charge in [-0.15, -0.1) is 0 Å². The molecule has 0 saturated carbocycles. The Bertz CT molecular complexity index is 453. The van der Waals surface area contributed by atoms with Crippen molar-refractivity contribution in [1.29, 1.82) is 5.26 Å². The van der Waals surface area contributed by atoms with Gasteiger partial charge in [-0.2, -0.15) is 5.26 Å². The normalized spacial score (nSPS) is 20.4. The second-order valence-electron chi connectivity index (χ2n) is 4.95. The quantitative estimate of drug-likeness (QED) is 0.933. The van der Waals surface area contributed by atoms with Crippen molar-refractivity contribution >= 4 is 21.6 Å². The zero-order valence-electron chi connectivity index (χ0n) is 10.6. The van der Waals surface area contributed by atoms with Crippen LogP contribution in [0.1, 0.15) is 18.4 Å². The molecule has 1 saturated heterocycles. The van der Waals surface area contributed by atoms with E-state index in [-0.39, 0.29) is 0 Å². The maximum Gasteiger partial charge on any atom is 0.101 e. The van der Waals surface area contributed by atoms with Gasteiger partial charge in [0.2, 0.25) is 0 Å². The van der Waals surface area contributed by atoms with Gasteiger partial charge in [-0.1, -0.05) is 15.9 Å². The molecule has 0 amide bonds. The fourth-order valence-electron chi connectivity index (χ4n) is 2.46. The van der Waals surface area contributed by atoms with Gasteiger partial charge in [0.05, 0.1) is 11.3 Å². The van der Waals surface area contributed by atoms with E-state index in [9.17, 15) is 0 Å². The summed E-state index contributed by atoms with van der Waals surface area (Å²) in [5, 5.41) is 12.5. The number of benzene rings is 1. The number of hydrogen-bond acceptors (Lipinski definition) is 3. The van der Waals surface area contributed by atoms with E-state index < -0.39 is 0 Å². The van der Waals surface area contributed by atoms with Crippen molar-refractivity contribution < 1.29 is 0 Å². The molecule has 1 aliphatic heterocycles. The van der Waals surface area contributed by atoms with E-state index in [0.29, 0.717) is 11.5 Å². The predicted octanol–water partition coefficient (Wildman–Crippen LogP) is 3.07. The molecule has 1 aromatic rings. The van der Waals surface area contributed by atoms with E-state index in [1.807, 2.05) is 18.2 Å². The monoisotopic (exact) mass is 307 g/mol. The molecule has 4 heteroatoms. The highest BCUT2D eigenvalue weighted by molar-refractivity contribution is 9.10. The second-order valence-corrected chi connectivity index (χ2v) is 5.87. The zero-order chi connectivity index (χ0) is 13.0. The minimum Gasteiger partial charge on any atom is -0.384 e. The Hall–Kier alpha value is -1.05. The lowest BCUT2D eigenvalue weighted by atomic mass is 9.98. The number of nitrogens with zero attached hydrogens (tertiary/aromatic N) is 2. The van der Waals surface area contributed by atoms with Crippen LogP contribution in [0.2, 0.25) is 0 Å². The molecule has 2 rings (SSSR count). The fraction of sp³-hybridized carbons (Fsp3) is 0.500. The Labute approximate surface area is 117 Å². The van der Waals surface area contributed by atoms with E-state index in [1.54, 1.807) is 0 Å². The Morgan fingerprint density at radius 1 is 1.56 bits per heavy atom. The standard InChI is InChI=1S/C14H18BrN3/c1-18-6-2-3-11(10-18)9-17-14-5-4-13(15)7-12(14)8-16/h4-5,7,11,17H,2-3,6,9-10H2,1H3. The van der Waals surface area contributed by atoms with Gasteiger partial charge in [-0.3, -0.25) is 0 Å². The summed E-state index contributed by atoms with van der Waals surface area (Å²) in [5.74, 6) is 0.680. The third kappa shape index (κ3) is 3.47. The van der Waals surface area contributed by atoms with Gasteiger partial charge in [0.1, 0.15) is 6.07 Å². The molecule has 3 nitrogen and oxygen atoms in total. The van der Waals surface area contributed by atoms with Crippen molar-refractivity contribution in [3.05, 3.63) is 28.2 Å². The molecule has 0 radical (unpaired) electrons. The third-order valence-electron chi connectivity index (χ3n) is 3.41. The van der Waals surface area contributed by atoms with Crippen molar-refractivity contribution in [1.82, 2.24) is 4.90 Å². The lowest BCUT2D eigenvalue weighted by Crippen LogP contribution is -2.35. The number of rotatable bonds is 3. The number of nitrogens with one attached hydrogen (secondary N) is 1. The van der Waals surface area contributed by atoms with Crippen LogP contribution in [0.5, 0.6) is 0 Å². The van der Waals surface area contributed by atoms with Crippen LogP contribution in [0.15, 0.2) is 22.7 Å². The van der Waals surface area contributed by atoms with Gasteiger partial charge in [0, 0.05) is 17.6 Å². The summed E-state index contributed by atoms with van der Waals surface area (Å²) < 4.78 is 0.946. The van der Waals surface area contributed by atoms with E-state index in [1.165, 1.54) is 19.4 Å². The molecule has 1 aromatic carbocycles. The molecule has 0 spiro atoms. The Morgan fingerprint density at radius 2 is 2.39 bits per heavy atom. The summed E-state index contributed by atoms with van der Waals surface area (Å²) in [7, 11) is 2.17. The minimum absolute atomic E-state index is 0.680. The Balaban J connectivity index is 1.96. The Morgan fingerprint density at radius 3 is 3.11 bits per heavy atom. The van der Waals surface area contributed by atoms with Crippen molar-refractivity contribution in [2.24, 2.45) is 5.92 Å². The summed E-state index contributed by atoms with van der Waals surface area (Å²) in [6.45, 7) is 3.30. The minimum atomic E-state index is 0.680. The van der Waals surface area contributed by atoms with E-state index >= 15 is 0 Å². The zero-order valence-corrected chi connectivity index (χ0v) is 12.2. The second kappa shape index (κ2) is 6.21. The van der Waals surface area contributed by atoms with Crippen molar-refractivity contribution in [3.63, 3.8) is 0 Å². The molecule has 1 fully saturated rings. The first-order valence-corrected chi connectivity index (χ1v) is 7.10. The molecule has 1 aliphatic rings. The molecule has 1 unspecified atom stereocenters. The molecule has 0 aromatic heterocycles. The van der Waals surface area contributed by atoms with E-state index in [2.05, 4.69) is 39.3 Å². The Kier molecular flexibility index (Phi) is 4.62. The molecule has 0 aliphatic carbocycles. The highest BCUT2D eigenvalue weighted by Crippen LogP contribution is 2.22. The number of hydrogen-bond donors (Lipinski definition) is 1. The number of piperidine rings is 1. The maximum atomic E-state index is 9.10. The van der Waals surface area contributed by atoms with Crippen LogP contribution in [-0.2, 0) is 0 Å². The van der Waals surface area contributed by atoms with Gasteiger partial charge in [-0.25, -0.2) is 0 Å². The maximum absolute atomic E-state index is 9.10. The van der Waals surface area contributed by atoms with Gasteiger partial charge >= 0.3 is 0 Å². The van der Waals surface area contributed by atoms with Crippen LogP contribution in [0.3, 0.4) is 0 Å². The summed E-state index contributed by atoms with van der Waals surface area (Å²) in [4.78, 5) is 2.38. The van der Waals surface area contributed by atoms with Crippen LogP contribution >= 0.6 is 15.9 Å². The number of halogens is 1. The SMILES string of the molecule is CN1CCCC(CNc2ccc(Br)cc2C#N)C1.